The highest BCUT2D eigenvalue weighted by Crippen LogP contribution is 2.24. The summed E-state index contributed by atoms with van der Waals surface area (Å²) in [5.41, 5.74) is 1.92. The number of rotatable bonds is 4. The fourth-order valence-electron chi connectivity index (χ4n) is 1.75. The van der Waals surface area contributed by atoms with Gasteiger partial charge in [-0.1, -0.05) is 37.6 Å². The van der Waals surface area contributed by atoms with E-state index in [0.717, 1.165) is 28.9 Å². The van der Waals surface area contributed by atoms with Crippen LogP contribution in [-0.4, -0.2) is 16.1 Å². The van der Waals surface area contributed by atoms with Crippen LogP contribution in [0.4, 0.5) is 5.95 Å². The van der Waals surface area contributed by atoms with Crippen molar-refractivity contribution < 1.29 is 0 Å². The molecule has 1 heterocycles. The second-order valence-corrected chi connectivity index (χ2v) is 5.21. The summed E-state index contributed by atoms with van der Waals surface area (Å²) in [5.74, 6) is 1.41. The normalized spacial score (nSPS) is 10.9. The van der Waals surface area contributed by atoms with Gasteiger partial charge >= 0.3 is 0 Å². The summed E-state index contributed by atoms with van der Waals surface area (Å²) in [6.07, 6.45) is 1.99. The Hall–Kier alpha value is -1.48. The number of anilines is 1. The number of halogens is 1. The predicted octanol–water partition coefficient (Wildman–Crippen LogP) is 3.90. The maximum absolute atomic E-state index is 6.23. The summed E-state index contributed by atoms with van der Waals surface area (Å²) in [6, 6.07) is 7.78. The maximum Gasteiger partial charge on any atom is 0.207 e. The quantitative estimate of drug-likeness (QED) is 0.907. The topological polar surface area (TPSA) is 29.9 Å². The number of hydrogen-bond donors (Lipinski definition) is 1. The van der Waals surface area contributed by atoms with Crippen molar-refractivity contribution in [1.82, 2.24) is 9.55 Å². The predicted molar refractivity (Wildman–Crippen MR) is 76.6 cm³/mol. The van der Waals surface area contributed by atoms with Crippen molar-refractivity contribution in [3.63, 3.8) is 0 Å². The Morgan fingerprint density at radius 2 is 2.06 bits per heavy atom. The molecule has 0 saturated carbocycles. The van der Waals surface area contributed by atoms with E-state index in [0.29, 0.717) is 5.92 Å². The highest BCUT2D eigenvalue weighted by molar-refractivity contribution is 6.32. The van der Waals surface area contributed by atoms with Gasteiger partial charge in [0.2, 0.25) is 5.95 Å². The first-order chi connectivity index (χ1) is 8.58. The van der Waals surface area contributed by atoms with Gasteiger partial charge in [-0.15, -0.1) is 0 Å². The van der Waals surface area contributed by atoms with Gasteiger partial charge in [-0.3, -0.25) is 4.57 Å². The van der Waals surface area contributed by atoms with E-state index in [4.69, 9.17) is 11.6 Å². The summed E-state index contributed by atoms with van der Waals surface area (Å²) in [6.45, 7) is 7.21. The smallest absolute Gasteiger partial charge is 0.207 e. The van der Waals surface area contributed by atoms with Crippen LogP contribution in [0.5, 0.6) is 0 Å². The number of para-hydroxylation sites is 1. The molecule has 0 bridgehead atoms. The van der Waals surface area contributed by atoms with E-state index >= 15 is 0 Å². The lowest BCUT2D eigenvalue weighted by Gasteiger charge is -2.12. The molecule has 1 aromatic heterocycles. The third kappa shape index (κ3) is 2.85. The molecule has 0 aliphatic heterocycles. The summed E-state index contributed by atoms with van der Waals surface area (Å²) < 4.78 is 2.00. The molecule has 0 unspecified atom stereocenters. The highest BCUT2D eigenvalue weighted by Gasteiger charge is 2.10. The molecule has 3 nitrogen and oxygen atoms in total. The van der Waals surface area contributed by atoms with Gasteiger partial charge in [0.25, 0.3) is 0 Å². The Morgan fingerprint density at radius 1 is 1.33 bits per heavy atom. The van der Waals surface area contributed by atoms with Crippen LogP contribution >= 0.6 is 11.6 Å². The van der Waals surface area contributed by atoms with Crippen LogP contribution < -0.4 is 5.32 Å². The first-order valence-electron chi connectivity index (χ1n) is 6.12. The van der Waals surface area contributed by atoms with Crippen LogP contribution in [0.3, 0.4) is 0 Å². The average molecular weight is 264 g/mol. The van der Waals surface area contributed by atoms with Gasteiger partial charge in [0.15, 0.2) is 0 Å². The van der Waals surface area contributed by atoms with Gasteiger partial charge in [-0.05, 0) is 25.0 Å². The van der Waals surface area contributed by atoms with Crippen molar-refractivity contribution in [2.45, 2.75) is 20.8 Å². The number of hydrogen-bond acceptors (Lipinski definition) is 2. The minimum Gasteiger partial charge on any atom is -0.355 e. The molecule has 96 valence electrons. The minimum atomic E-state index is 0.571. The van der Waals surface area contributed by atoms with Gasteiger partial charge in [0.1, 0.15) is 0 Å². The molecule has 0 aliphatic carbocycles. The van der Waals surface area contributed by atoms with Crippen LogP contribution in [0.2, 0.25) is 5.02 Å². The van der Waals surface area contributed by atoms with Crippen molar-refractivity contribution in [1.29, 1.82) is 0 Å². The van der Waals surface area contributed by atoms with Gasteiger partial charge in [-0.2, -0.15) is 0 Å². The monoisotopic (exact) mass is 263 g/mol. The number of nitrogens with zero attached hydrogens (tertiary/aromatic N) is 2. The van der Waals surface area contributed by atoms with E-state index in [1.54, 1.807) is 0 Å². The van der Waals surface area contributed by atoms with E-state index in [2.05, 4.69) is 24.1 Å². The molecule has 0 spiro atoms. The van der Waals surface area contributed by atoms with Crippen LogP contribution in [0, 0.1) is 12.8 Å². The molecule has 2 aromatic rings. The zero-order valence-electron chi connectivity index (χ0n) is 10.9. The van der Waals surface area contributed by atoms with Gasteiger partial charge < -0.3 is 5.32 Å². The molecular formula is C14H18ClN3. The minimum absolute atomic E-state index is 0.571. The van der Waals surface area contributed by atoms with Crippen molar-refractivity contribution >= 4 is 17.5 Å². The molecular weight excluding hydrogens is 246 g/mol. The third-order valence-electron chi connectivity index (χ3n) is 2.61. The molecule has 0 aliphatic rings. The van der Waals surface area contributed by atoms with E-state index in [1.165, 1.54) is 0 Å². The molecule has 1 N–H and O–H groups in total. The Bertz CT molecular complexity index is 532. The summed E-state index contributed by atoms with van der Waals surface area (Å²) >= 11 is 6.23. The van der Waals surface area contributed by atoms with E-state index in [9.17, 15) is 0 Å². The average Bonchev–Trinajstić information content (AvgIpc) is 2.68. The number of imidazole rings is 1. The second kappa shape index (κ2) is 5.44. The lowest BCUT2D eigenvalue weighted by Crippen LogP contribution is -2.12. The first-order valence-corrected chi connectivity index (χ1v) is 6.50. The Labute approximate surface area is 113 Å². The molecule has 0 saturated heterocycles. The first kappa shape index (κ1) is 13.0. The molecule has 4 heteroatoms. The van der Waals surface area contributed by atoms with Crippen LogP contribution in [0.15, 0.2) is 30.5 Å². The zero-order chi connectivity index (χ0) is 13.1. The van der Waals surface area contributed by atoms with Gasteiger partial charge in [-0.25, -0.2) is 4.98 Å². The molecule has 0 radical (unpaired) electrons. The lowest BCUT2D eigenvalue weighted by molar-refractivity contribution is 0.683. The molecule has 0 fully saturated rings. The fraction of sp³-hybridized carbons (Fsp3) is 0.357. The molecule has 0 amide bonds. The number of nitrogens with one attached hydrogen (secondary N) is 1. The largest absolute Gasteiger partial charge is 0.355 e. The number of aryl methyl sites for hydroxylation is 1. The standard InChI is InChI=1S/C14H18ClN3/c1-10(2)8-16-14-17-11(3)9-18(14)13-7-5-4-6-12(13)15/h4-7,9-10H,8H2,1-3H3,(H,16,17). The van der Waals surface area contributed by atoms with E-state index < -0.39 is 0 Å². The Kier molecular flexibility index (Phi) is 3.92. The molecule has 1 aromatic carbocycles. The van der Waals surface area contributed by atoms with Crippen LogP contribution in [0.25, 0.3) is 5.69 Å². The molecule has 0 atom stereocenters. The maximum atomic E-state index is 6.23. The van der Waals surface area contributed by atoms with E-state index in [1.807, 2.05) is 42.0 Å². The Morgan fingerprint density at radius 3 is 2.72 bits per heavy atom. The fourth-order valence-corrected chi connectivity index (χ4v) is 1.98. The van der Waals surface area contributed by atoms with Gasteiger partial charge in [0.05, 0.1) is 16.4 Å². The zero-order valence-corrected chi connectivity index (χ0v) is 11.7. The Balaban J connectivity index is 2.36. The summed E-state index contributed by atoms with van der Waals surface area (Å²) in [7, 11) is 0. The van der Waals surface area contributed by atoms with Gasteiger partial charge in [0, 0.05) is 12.7 Å². The highest BCUT2D eigenvalue weighted by atomic mass is 35.5. The second-order valence-electron chi connectivity index (χ2n) is 4.80. The van der Waals surface area contributed by atoms with Crippen molar-refractivity contribution in [2.75, 3.05) is 11.9 Å². The summed E-state index contributed by atoms with van der Waals surface area (Å²) in [5, 5.41) is 4.08. The summed E-state index contributed by atoms with van der Waals surface area (Å²) in [4.78, 5) is 4.49. The third-order valence-corrected chi connectivity index (χ3v) is 2.93. The van der Waals surface area contributed by atoms with Crippen molar-refractivity contribution in [3.8, 4) is 5.69 Å². The molecule has 2 rings (SSSR count). The van der Waals surface area contributed by atoms with E-state index in [-0.39, 0.29) is 0 Å². The number of aromatic nitrogens is 2. The van der Waals surface area contributed by atoms with Crippen LogP contribution in [0.1, 0.15) is 19.5 Å². The van der Waals surface area contributed by atoms with Crippen LogP contribution in [-0.2, 0) is 0 Å². The number of benzene rings is 1. The van der Waals surface area contributed by atoms with Crippen molar-refractivity contribution in [3.05, 3.63) is 41.2 Å². The lowest BCUT2D eigenvalue weighted by atomic mass is 10.2. The molecule has 18 heavy (non-hydrogen) atoms. The SMILES string of the molecule is Cc1cn(-c2ccccc2Cl)c(NCC(C)C)n1. The van der Waals surface area contributed by atoms with Crippen molar-refractivity contribution in [2.24, 2.45) is 5.92 Å².